The predicted molar refractivity (Wildman–Crippen MR) is 79.4 cm³/mol. The van der Waals surface area contributed by atoms with Crippen molar-refractivity contribution in [2.24, 2.45) is 0 Å². The van der Waals surface area contributed by atoms with Crippen molar-refractivity contribution >= 4 is 0 Å². The summed E-state index contributed by atoms with van der Waals surface area (Å²) in [6, 6.07) is 18.0. The lowest BCUT2D eigenvalue weighted by Crippen LogP contribution is -2.11. The van der Waals surface area contributed by atoms with Crippen molar-refractivity contribution < 1.29 is 4.74 Å². The third-order valence-electron chi connectivity index (χ3n) is 3.30. The van der Waals surface area contributed by atoms with E-state index in [2.05, 4.69) is 30.4 Å². The molecule has 102 valence electrons. The molecule has 1 unspecified atom stereocenters. The summed E-state index contributed by atoms with van der Waals surface area (Å²) in [6.45, 7) is 2.62. The molecule has 20 heavy (non-hydrogen) atoms. The SMILES string of the molecule is CNC(C)c1ccc(OCc2ccc(C#N)cc2)cc1. The normalized spacial score (nSPS) is 11.7. The molecule has 2 aromatic carbocycles. The maximum atomic E-state index is 8.74. The second-order valence-corrected chi connectivity index (χ2v) is 4.68. The van der Waals surface area contributed by atoms with Crippen LogP contribution >= 0.6 is 0 Å². The number of hydrogen-bond acceptors (Lipinski definition) is 3. The van der Waals surface area contributed by atoms with Gasteiger partial charge in [-0.3, -0.25) is 0 Å². The molecule has 0 aliphatic heterocycles. The van der Waals surface area contributed by atoms with Crippen LogP contribution in [0.15, 0.2) is 48.5 Å². The molecule has 0 aliphatic carbocycles. The van der Waals surface area contributed by atoms with E-state index in [1.54, 1.807) is 12.1 Å². The first kappa shape index (κ1) is 14.1. The van der Waals surface area contributed by atoms with Crippen LogP contribution in [0.2, 0.25) is 0 Å². The van der Waals surface area contributed by atoms with E-state index in [-0.39, 0.29) is 0 Å². The third kappa shape index (κ3) is 3.59. The van der Waals surface area contributed by atoms with E-state index < -0.39 is 0 Å². The highest BCUT2D eigenvalue weighted by Gasteiger charge is 2.02. The first-order chi connectivity index (χ1) is 9.72. The number of rotatable bonds is 5. The first-order valence-electron chi connectivity index (χ1n) is 6.62. The molecular formula is C17H18N2O. The van der Waals surface area contributed by atoms with Crippen LogP contribution < -0.4 is 10.1 Å². The molecule has 2 rings (SSSR count). The molecule has 1 atom stereocenters. The Bertz CT molecular complexity index is 582. The van der Waals surface area contributed by atoms with Crippen LogP contribution in [0.25, 0.3) is 0 Å². The van der Waals surface area contributed by atoms with Crippen molar-refractivity contribution in [3.8, 4) is 11.8 Å². The lowest BCUT2D eigenvalue weighted by molar-refractivity contribution is 0.306. The molecule has 0 aliphatic rings. The van der Waals surface area contributed by atoms with Crippen molar-refractivity contribution in [2.45, 2.75) is 19.6 Å². The standard InChI is InChI=1S/C17H18N2O/c1-13(19-2)16-7-9-17(10-8-16)20-12-15-5-3-14(11-18)4-6-15/h3-10,13,19H,12H2,1-2H3. The van der Waals surface area contributed by atoms with Gasteiger partial charge in [-0.05, 0) is 49.4 Å². The maximum Gasteiger partial charge on any atom is 0.119 e. The van der Waals surface area contributed by atoms with E-state index in [1.807, 2.05) is 31.3 Å². The average molecular weight is 266 g/mol. The summed E-state index contributed by atoms with van der Waals surface area (Å²) in [5, 5.41) is 11.9. The third-order valence-corrected chi connectivity index (χ3v) is 3.30. The number of nitrogens with one attached hydrogen (secondary N) is 1. The van der Waals surface area contributed by atoms with Crippen LogP contribution in [0, 0.1) is 11.3 Å². The number of nitrogens with zero attached hydrogens (tertiary/aromatic N) is 1. The molecule has 0 fully saturated rings. The van der Waals surface area contributed by atoms with Crippen LogP contribution in [0.1, 0.15) is 29.7 Å². The molecule has 2 aromatic rings. The summed E-state index contributed by atoms with van der Waals surface area (Å²) in [5.74, 6) is 0.849. The van der Waals surface area contributed by atoms with Crippen molar-refractivity contribution in [3.05, 3.63) is 65.2 Å². The zero-order valence-corrected chi connectivity index (χ0v) is 11.8. The van der Waals surface area contributed by atoms with E-state index in [1.165, 1.54) is 5.56 Å². The van der Waals surface area contributed by atoms with Gasteiger partial charge in [0.15, 0.2) is 0 Å². The van der Waals surface area contributed by atoms with Gasteiger partial charge in [-0.2, -0.15) is 5.26 Å². The van der Waals surface area contributed by atoms with Crippen LogP contribution in [0.4, 0.5) is 0 Å². The second-order valence-electron chi connectivity index (χ2n) is 4.68. The Balaban J connectivity index is 1.95. The van der Waals surface area contributed by atoms with Crippen molar-refractivity contribution in [1.82, 2.24) is 5.32 Å². The monoisotopic (exact) mass is 266 g/mol. The first-order valence-corrected chi connectivity index (χ1v) is 6.62. The quantitative estimate of drug-likeness (QED) is 0.902. The van der Waals surface area contributed by atoms with Gasteiger partial charge in [0.1, 0.15) is 12.4 Å². The lowest BCUT2D eigenvalue weighted by Gasteiger charge is -2.12. The summed E-state index contributed by atoms with van der Waals surface area (Å²) in [6.07, 6.45) is 0. The van der Waals surface area contributed by atoms with Crippen molar-refractivity contribution in [1.29, 1.82) is 5.26 Å². The molecule has 1 N–H and O–H groups in total. The molecule has 0 saturated carbocycles. The summed E-state index contributed by atoms with van der Waals surface area (Å²) in [5.41, 5.74) is 2.95. The smallest absolute Gasteiger partial charge is 0.119 e. The van der Waals surface area contributed by atoms with Gasteiger partial charge in [0.05, 0.1) is 11.6 Å². The Morgan fingerprint density at radius 1 is 1.10 bits per heavy atom. The molecule has 0 saturated heterocycles. The fraction of sp³-hybridized carbons (Fsp3) is 0.235. The van der Waals surface area contributed by atoms with Gasteiger partial charge in [-0.25, -0.2) is 0 Å². The van der Waals surface area contributed by atoms with Gasteiger partial charge < -0.3 is 10.1 Å². The number of ether oxygens (including phenoxy) is 1. The Morgan fingerprint density at radius 2 is 1.75 bits per heavy atom. The average Bonchev–Trinajstić information content (AvgIpc) is 2.53. The highest BCUT2D eigenvalue weighted by molar-refractivity contribution is 5.32. The van der Waals surface area contributed by atoms with Crippen LogP contribution in [-0.4, -0.2) is 7.05 Å². The number of nitriles is 1. The summed E-state index contributed by atoms with van der Waals surface area (Å²) in [7, 11) is 1.94. The van der Waals surface area contributed by atoms with Crippen LogP contribution in [-0.2, 0) is 6.61 Å². The van der Waals surface area contributed by atoms with Crippen molar-refractivity contribution in [2.75, 3.05) is 7.05 Å². The van der Waals surface area contributed by atoms with E-state index in [0.717, 1.165) is 11.3 Å². The largest absolute Gasteiger partial charge is 0.489 e. The molecule has 3 heteroatoms. The Kier molecular flexibility index (Phi) is 4.75. The Labute approximate surface area is 119 Å². The van der Waals surface area contributed by atoms with Gasteiger partial charge in [0.25, 0.3) is 0 Å². The molecule has 0 radical (unpaired) electrons. The molecule has 0 spiro atoms. The van der Waals surface area contributed by atoms with Crippen molar-refractivity contribution in [3.63, 3.8) is 0 Å². The summed E-state index contributed by atoms with van der Waals surface area (Å²) in [4.78, 5) is 0. The summed E-state index contributed by atoms with van der Waals surface area (Å²) >= 11 is 0. The second kappa shape index (κ2) is 6.74. The zero-order valence-electron chi connectivity index (χ0n) is 11.8. The minimum absolute atomic E-state index is 0.336. The topological polar surface area (TPSA) is 45.0 Å². The fourth-order valence-corrected chi connectivity index (χ4v) is 1.86. The molecule has 3 nitrogen and oxygen atoms in total. The van der Waals surface area contributed by atoms with Gasteiger partial charge >= 0.3 is 0 Å². The van der Waals surface area contributed by atoms with Gasteiger partial charge in [-0.15, -0.1) is 0 Å². The minimum Gasteiger partial charge on any atom is -0.489 e. The van der Waals surface area contributed by atoms with Gasteiger partial charge in [0.2, 0.25) is 0 Å². The molecular weight excluding hydrogens is 248 g/mol. The van der Waals surface area contributed by atoms with E-state index in [0.29, 0.717) is 18.2 Å². The van der Waals surface area contributed by atoms with Gasteiger partial charge in [0, 0.05) is 6.04 Å². The highest BCUT2D eigenvalue weighted by Crippen LogP contribution is 2.18. The Morgan fingerprint density at radius 3 is 2.30 bits per heavy atom. The van der Waals surface area contributed by atoms with Crippen LogP contribution in [0.5, 0.6) is 5.75 Å². The zero-order chi connectivity index (χ0) is 14.4. The molecule has 0 bridgehead atoms. The lowest BCUT2D eigenvalue weighted by atomic mass is 10.1. The number of hydrogen-bond donors (Lipinski definition) is 1. The summed E-state index contributed by atoms with van der Waals surface area (Å²) < 4.78 is 5.73. The van der Waals surface area contributed by atoms with Gasteiger partial charge in [-0.1, -0.05) is 24.3 Å². The minimum atomic E-state index is 0.336. The molecule has 0 amide bonds. The predicted octanol–water partition coefficient (Wildman–Crippen LogP) is 3.42. The highest BCUT2D eigenvalue weighted by atomic mass is 16.5. The fourth-order valence-electron chi connectivity index (χ4n) is 1.86. The van der Waals surface area contributed by atoms with E-state index in [4.69, 9.17) is 10.00 Å². The maximum absolute atomic E-state index is 8.74. The molecule has 0 aromatic heterocycles. The van der Waals surface area contributed by atoms with Crippen LogP contribution in [0.3, 0.4) is 0 Å². The molecule has 0 heterocycles. The Hall–Kier alpha value is -2.31. The number of benzene rings is 2. The van der Waals surface area contributed by atoms with E-state index in [9.17, 15) is 0 Å². The van der Waals surface area contributed by atoms with E-state index >= 15 is 0 Å².